The Kier molecular flexibility index (Phi) is 5.66. The fraction of sp³-hybridized carbons (Fsp3) is 0.478. The van der Waals surface area contributed by atoms with Gasteiger partial charge in [0, 0.05) is 19.3 Å². The van der Waals surface area contributed by atoms with Crippen molar-refractivity contribution in [2.75, 3.05) is 19.0 Å². The third-order valence-corrected chi connectivity index (χ3v) is 5.45. The van der Waals surface area contributed by atoms with Crippen LogP contribution in [0.3, 0.4) is 0 Å². The van der Waals surface area contributed by atoms with E-state index in [1.165, 1.54) is 5.56 Å². The SMILES string of the molecule is COCC(C)n1c(-c2cn3c(C)nnc3c(NC(C)C)n2)nc2ccc(C(C)C)cc21. The lowest BCUT2D eigenvalue weighted by Gasteiger charge is -2.18. The second kappa shape index (κ2) is 8.26. The Morgan fingerprint density at radius 1 is 1.06 bits per heavy atom. The van der Waals surface area contributed by atoms with Crippen LogP contribution in [-0.4, -0.2) is 48.9 Å². The zero-order chi connectivity index (χ0) is 22.3. The predicted octanol–water partition coefficient (Wildman–Crippen LogP) is 4.60. The van der Waals surface area contributed by atoms with Crippen molar-refractivity contribution in [3.05, 3.63) is 35.8 Å². The van der Waals surface area contributed by atoms with Crippen molar-refractivity contribution in [1.29, 1.82) is 0 Å². The van der Waals surface area contributed by atoms with E-state index in [2.05, 4.69) is 72.9 Å². The first-order chi connectivity index (χ1) is 14.8. The Bertz CT molecular complexity index is 1220. The van der Waals surface area contributed by atoms with E-state index < -0.39 is 0 Å². The standard InChI is InChI=1S/C23H31N7O/c1-13(2)17-8-9-18-20(10-17)30(15(5)12-31-7)22(26-18)19-11-29-16(6)27-28-23(29)21(25-19)24-14(3)4/h8-11,13-15H,12H2,1-7H3,(H,24,25). The van der Waals surface area contributed by atoms with Crippen LogP contribution in [0.1, 0.15) is 58.0 Å². The summed E-state index contributed by atoms with van der Waals surface area (Å²) in [4.78, 5) is 9.91. The molecule has 0 saturated carbocycles. The molecule has 0 saturated heterocycles. The second-order valence-electron chi connectivity index (χ2n) is 8.73. The highest BCUT2D eigenvalue weighted by Crippen LogP contribution is 2.31. The van der Waals surface area contributed by atoms with Crippen molar-refractivity contribution < 1.29 is 4.74 Å². The highest BCUT2D eigenvalue weighted by molar-refractivity contribution is 5.81. The molecule has 4 aromatic rings. The average Bonchev–Trinajstić information content (AvgIpc) is 3.28. The summed E-state index contributed by atoms with van der Waals surface area (Å²) in [5.74, 6) is 2.75. The fourth-order valence-electron chi connectivity index (χ4n) is 3.90. The highest BCUT2D eigenvalue weighted by Gasteiger charge is 2.21. The number of aryl methyl sites for hydroxylation is 1. The maximum Gasteiger partial charge on any atom is 0.203 e. The minimum absolute atomic E-state index is 0.0911. The molecule has 0 aliphatic carbocycles. The van der Waals surface area contributed by atoms with Gasteiger partial charge in [0.05, 0.1) is 23.7 Å². The number of ether oxygens (including phenoxy) is 1. The highest BCUT2D eigenvalue weighted by atomic mass is 16.5. The predicted molar refractivity (Wildman–Crippen MR) is 124 cm³/mol. The molecule has 3 heterocycles. The summed E-state index contributed by atoms with van der Waals surface area (Å²) in [6, 6.07) is 6.79. The zero-order valence-electron chi connectivity index (χ0n) is 19.3. The maximum atomic E-state index is 5.49. The zero-order valence-corrected chi connectivity index (χ0v) is 19.3. The number of hydrogen-bond acceptors (Lipinski definition) is 6. The van der Waals surface area contributed by atoms with Gasteiger partial charge in [0.1, 0.15) is 11.5 Å². The number of benzene rings is 1. The van der Waals surface area contributed by atoms with E-state index in [0.717, 1.165) is 28.4 Å². The van der Waals surface area contributed by atoms with E-state index in [1.54, 1.807) is 7.11 Å². The van der Waals surface area contributed by atoms with Gasteiger partial charge in [0.25, 0.3) is 0 Å². The van der Waals surface area contributed by atoms with Gasteiger partial charge in [-0.05, 0) is 51.3 Å². The smallest absolute Gasteiger partial charge is 0.203 e. The van der Waals surface area contributed by atoms with Crippen LogP contribution in [0.25, 0.3) is 28.2 Å². The maximum absolute atomic E-state index is 5.49. The summed E-state index contributed by atoms with van der Waals surface area (Å²) in [5, 5.41) is 12.0. The topological polar surface area (TPSA) is 82.2 Å². The first-order valence-electron chi connectivity index (χ1n) is 10.8. The van der Waals surface area contributed by atoms with E-state index in [-0.39, 0.29) is 12.1 Å². The molecule has 0 aliphatic rings. The van der Waals surface area contributed by atoms with Gasteiger partial charge >= 0.3 is 0 Å². The summed E-state index contributed by atoms with van der Waals surface area (Å²) >= 11 is 0. The van der Waals surface area contributed by atoms with Crippen LogP contribution in [0, 0.1) is 6.92 Å². The van der Waals surface area contributed by atoms with E-state index in [4.69, 9.17) is 14.7 Å². The Balaban J connectivity index is 1.99. The number of methoxy groups -OCH3 is 1. The van der Waals surface area contributed by atoms with E-state index >= 15 is 0 Å². The van der Waals surface area contributed by atoms with Crippen molar-refractivity contribution >= 4 is 22.5 Å². The van der Waals surface area contributed by atoms with Crippen LogP contribution < -0.4 is 5.32 Å². The molecular formula is C23H31N7O. The largest absolute Gasteiger partial charge is 0.383 e. The molecule has 0 spiro atoms. The fourth-order valence-corrected chi connectivity index (χ4v) is 3.90. The van der Waals surface area contributed by atoms with E-state index in [1.807, 2.05) is 17.5 Å². The number of anilines is 1. The monoisotopic (exact) mass is 421 g/mol. The van der Waals surface area contributed by atoms with Gasteiger partial charge in [0.15, 0.2) is 11.6 Å². The molecule has 0 bridgehead atoms. The van der Waals surface area contributed by atoms with Crippen molar-refractivity contribution in [3.8, 4) is 11.5 Å². The Labute approximate surface area is 182 Å². The van der Waals surface area contributed by atoms with Gasteiger partial charge in [-0.25, -0.2) is 9.97 Å². The summed E-state index contributed by atoms with van der Waals surface area (Å²) < 4.78 is 9.70. The lowest BCUT2D eigenvalue weighted by molar-refractivity contribution is 0.164. The normalized spacial score (nSPS) is 13.1. The van der Waals surface area contributed by atoms with Crippen molar-refractivity contribution in [2.24, 2.45) is 0 Å². The number of rotatable bonds is 7. The van der Waals surface area contributed by atoms with Gasteiger partial charge in [0.2, 0.25) is 5.65 Å². The first kappa shape index (κ1) is 21.2. The van der Waals surface area contributed by atoms with Crippen molar-refractivity contribution in [1.82, 2.24) is 29.1 Å². The molecule has 0 amide bonds. The first-order valence-corrected chi connectivity index (χ1v) is 10.8. The number of aromatic nitrogens is 6. The van der Waals surface area contributed by atoms with Crippen LogP contribution in [0.5, 0.6) is 0 Å². The minimum atomic E-state index is 0.0911. The van der Waals surface area contributed by atoms with Crippen molar-refractivity contribution in [3.63, 3.8) is 0 Å². The molecule has 4 rings (SSSR count). The number of imidazole rings is 1. The third-order valence-electron chi connectivity index (χ3n) is 5.45. The van der Waals surface area contributed by atoms with Gasteiger partial charge in [-0.1, -0.05) is 19.9 Å². The molecule has 0 radical (unpaired) electrons. The Morgan fingerprint density at radius 2 is 1.84 bits per heavy atom. The lowest BCUT2D eigenvalue weighted by Crippen LogP contribution is -2.15. The molecule has 164 valence electrons. The number of nitrogens with one attached hydrogen (secondary N) is 1. The van der Waals surface area contributed by atoms with Crippen molar-refractivity contribution in [2.45, 2.75) is 59.5 Å². The number of fused-ring (bicyclic) bond motifs is 2. The van der Waals surface area contributed by atoms with Crippen LogP contribution in [0.4, 0.5) is 5.82 Å². The van der Waals surface area contributed by atoms with Crippen LogP contribution >= 0.6 is 0 Å². The summed E-state index contributed by atoms with van der Waals surface area (Å²) in [7, 11) is 1.73. The summed E-state index contributed by atoms with van der Waals surface area (Å²) in [6.45, 7) is 13.2. The molecule has 1 aromatic carbocycles. The van der Waals surface area contributed by atoms with Crippen LogP contribution in [-0.2, 0) is 4.74 Å². The molecule has 1 unspecified atom stereocenters. The molecule has 0 fully saturated rings. The average molecular weight is 422 g/mol. The quantitative estimate of drug-likeness (QED) is 0.470. The van der Waals surface area contributed by atoms with E-state index in [0.29, 0.717) is 24.0 Å². The molecule has 1 N–H and O–H groups in total. The number of nitrogens with zero attached hydrogens (tertiary/aromatic N) is 6. The molecule has 8 heteroatoms. The molecular weight excluding hydrogens is 390 g/mol. The number of hydrogen-bond donors (Lipinski definition) is 1. The molecule has 0 aliphatic heterocycles. The van der Waals surface area contributed by atoms with Gasteiger partial charge in [-0.15, -0.1) is 10.2 Å². The van der Waals surface area contributed by atoms with E-state index in [9.17, 15) is 0 Å². The molecule has 31 heavy (non-hydrogen) atoms. The molecule has 8 nitrogen and oxygen atoms in total. The second-order valence-corrected chi connectivity index (χ2v) is 8.73. The van der Waals surface area contributed by atoms with Gasteiger partial charge in [-0.3, -0.25) is 4.40 Å². The molecule has 3 aromatic heterocycles. The van der Waals surface area contributed by atoms with Gasteiger partial charge in [-0.2, -0.15) is 0 Å². The summed E-state index contributed by atoms with van der Waals surface area (Å²) in [6.07, 6.45) is 1.97. The third kappa shape index (κ3) is 3.87. The lowest BCUT2D eigenvalue weighted by atomic mass is 10.0. The Morgan fingerprint density at radius 3 is 2.52 bits per heavy atom. The van der Waals surface area contributed by atoms with Crippen LogP contribution in [0.15, 0.2) is 24.4 Å². The van der Waals surface area contributed by atoms with Crippen LogP contribution in [0.2, 0.25) is 0 Å². The molecule has 1 atom stereocenters. The summed E-state index contributed by atoms with van der Waals surface area (Å²) in [5.41, 5.74) is 4.80. The van der Waals surface area contributed by atoms with Gasteiger partial charge < -0.3 is 14.6 Å². The Hall–Kier alpha value is -3.00. The minimum Gasteiger partial charge on any atom is -0.383 e.